The fraction of sp³-hybridized carbons (Fsp3) is 0.391. The summed E-state index contributed by atoms with van der Waals surface area (Å²) in [6.07, 6.45) is 0.747. The number of ether oxygens (including phenoxy) is 2. The first-order valence-corrected chi connectivity index (χ1v) is 11.9. The summed E-state index contributed by atoms with van der Waals surface area (Å²) in [4.78, 5) is 15.0. The van der Waals surface area contributed by atoms with Gasteiger partial charge in [0.2, 0.25) is 10.0 Å². The van der Waals surface area contributed by atoms with Crippen molar-refractivity contribution < 1.29 is 22.7 Å². The van der Waals surface area contributed by atoms with E-state index < -0.39 is 10.0 Å². The van der Waals surface area contributed by atoms with E-state index in [1.54, 1.807) is 23.1 Å². The minimum absolute atomic E-state index is 0.0254. The third-order valence-corrected chi connectivity index (χ3v) is 7.16. The van der Waals surface area contributed by atoms with E-state index in [1.165, 1.54) is 23.5 Å². The second kappa shape index (κ2) is 10.6. The van der Waals surface area contributed by atoms with Gasteiger partial charge in [0, 0.05) is 31.7 Å². The highest BCUT2D eigenvalue weighted by Gasteiger charge is 2.30. The van der Waals surface area contributed by atoms with E-state index in [0.717, 1.165) is 12.0 Å². The van der Waals surface area contributed by atoms with Gasteiger partial charge in [-0.05, 0) is 42.3 Å². The molecular weight excluding hydrogens is 430 g/mol. The Morgan fingerprint density at radius 1 is 1.19 bits per heavy atom. The molecule has 2 aromatic carbocycles. The van der Waals surface area contributed by atoms with Gasteiger partial charge in [-0.1, -0.05) is 19.1 Å². The lowest BCUT2D eigenvalue weighted by Crippen LogP contribution is -2.40. The molecule has 1 saturated heterocycles. The van der Waals surface area contributed by atoms with Crippen molar-refractivity contribution in [1.29, 1.82) is 5.26 Å². The summed E-state index contributed by atoms with van der Waals surface area (Å²) >= 11 is 0. The van der Waals surface area contributed by atoms with Crippen LogP contribution in [-0.4, -0.2) is 63.5 Å². The molecular formula is C23H27N3O5S. The summed E-state index contributed by atoms with van der Waals surface area (Å²) in [6.45, 7) is 4.01. The van der Waals surface area contributed by atoms with Gasteiger partial charge in [-0.25, -0.2) is 8.42 Å². The molecule has 1 fully saturated rings. The predicted octanol–water partition coefficient (Wildman–Crippen LogP) is 2.64. The Balaban J connectivity index is 1.91. The number of amides is 1. The molecule has 0 unspecified atom stereocenters. The quantitative estimate of drug-likeness (QED) is 0.604. The predicted molar refractivity (Wildman–Crippen MR) is 119 cm³/mol. The zero-order valence-electron chi connectivity index (χ0n) is 18.3. The molecule has 0 N–H and O–H groups in total. The number of nitrogens with zero attached hydrogens (tertiary/aromatic N) is 3. The van der Waals surface area contributed by atoms with Crippen LogP contribution in [0.1, 0.15) is 34.8 Å². The van der Waals surface area contributed by atoms with Crippen molar-refractivity contribution in [3.05, 3.63) is 59.2 Å². The largest absolute Gasteiger partial charge is 0.495 e. The van der Waals surface area contributed by atoms with Gasteiger partial charge in [0.15, 0.2) is 0 Å². The molecule has 0 spiro atoms. The van der Waals surface area contributed by atoms with Gasteiger partial charge >= 0.3 is 0 Å². The highest BCUT2D eigenvalue weighted by Crippen LogP contribution is 2.29. The molecule has 0 atom stereocenters. The second-order valence-electron chi connectivity index (χ2n) is 7.42. The fourth-order valence-electron chi connectivity index (χ4n) is 3.55. The molecule has 1 aliphatic heterocycles. The van der Waals surface area contributed by atoms with Gasteiger partial charge in [-0.15, -0.1) is 0 Å². The average Bonchev–Trinajstić information content (AvgIpc) is 2.84. The van der Waals surface area contributed by atoms with Crippen LogP contribution < -0.4 is 4.74 Å². The van der Waals surface area contributed by atoms with Crippen LogP contribution in [0.25, 0.3) is 0 Å². The first-order valence-electron chi connectivity index (χ1n) is 10.4. The smallest absolute Gasteiger partial charge is 0.254 e. The van der Waals surface area contributed by atoms with Crippen molar-refractivity contribution in [3.63, 3.8) is 0 Å². The molecule has 9 heteroatoms. The molecule has 1 heterocycles. The highest BCUT2D eigenvalue weighted by molar-refractivity contribution is 7.89. The molecule has 2 aromatic rings. The molecule has 3 rings (SSSR count). The van der Waals surface area contributed by atoms with Gasteiger partial charge in [0.05, 0.1) is 32.0 Å². The zero-order valence-corrected chi connectivity index (χ0v) is 19.1. The van der Waals surface area contributed by atoms with Crippen molar-refractivity contribution in [2.45, 2.75) is 24.8 Å². The van der Waals surface area contributed by atoms with Crippen LogP contribution in [0.3, 0.4) is 0 Å². The van der Waals surface area contributed by atoms with Gasteiger partial charge in [-0.2, -0.15) is 9.57 Å². The topological polar surface area (TPSA) is 99.9 Å². The van der Waals surface area contributed by atoms with Gasteiger partial charge in [-0.3, -0.25) is 4.79 Å². The first kappa shape index (κ1) is 23.7. The SMILES string of the molecule is CCCN(Cc1ccc(C#N)cc1)C(=O)c1ccc(OC)c(S(=O)(=O)N2CCOCC2)c1. The Hall–Kier alpha value is -2.93. The van der Waals surface area contributed by atoms with Crippen LogP contribution in [0.5, 0.6) is 5.75 Å². The number of nitriles is 1. The molecule has 0 bridgehead atoms. The Kier molecular flexibility index (Phi) is 7.85. The lowest BCUT2D eigenvalue weighted by Gasteiger charge is -2.27. The van der Waals surface area contributed by atoms with Crippen molar-refractivity contribution in [3.8, 4) is 11.8 Å². The van der Waals surface area contributed by atoms with Gasteiger partial charge < -0.3 is 14.4 Å². The second-order valence-corrected chi connectivity index (χ2v) is 9.32. The Bertz CT molecular complexity index is 1090. The van der Waals surface area contributed by atoms with Crippen LogP contribution in [-0.2, 0) is 21.3 Å². The van der Waals surface area contributed by atoms with E-state index in [4.69, 9.17) is 14.7 Å². The molecule has 1 aliphatic rings. The van der Waals surface area contributed by atoms with Crippen molar-refractivity contribution in [2.75, 3.05) is 40.0 Å². The minimum atomic E-state index is -3.84. The van der Waals surface area contributed by atoms with E-state index in [2.05, 4.69) is 6.07 Å². The number of carbonyl (C=O) groups is 1. The van der Waals surface area contributed by atoms with Gasteiger partial charge in [0.1, 0.15) is 10.6 Å². The van der Waals surface area contributed by atoms with E-state index in [1.807, 2.05) is 19.1 Å². The van der Waals surface area contributed by atoms with Crippen LogP contribution in [0, 0.1) is 11.3 Å². The molecule has 8 nitrogen and oxygen atoms in total. The van der Waals surface area contributed by atoms with Crippen LogP contribution >= 0.6 is 0 Å². The fourth-order valence-corrected chi connectivity index (χ4v) is 5.14. The average molecular weight is 458 g/mol. The lowest BCUT2D eigenvalue weighted by atomic mass is 10.1. The number of sulfonamides is 1. The highest BCUT2D eigenvalue weighted by atomic mass is 32.2. The molecule has 0 aliphatic carbocycles. The maximum atomic E-state index is 13.3. The zero-order chi connectivity index (χ0) is 23.1. The lowest BCUT2D eigenvalue weighted by molar-refractivity contribution is 0.0728. The number of benzene rings is 2. The number of methoxy groups -OCH3 is 1. The number of hydrogen-bond acceptors (Lipinski definition) is 6. The summed E-state index contributed by atoms with van der Waals surface area (Å²) in [5.74, 6) is -0.0699. The third kappa shape index (κ3) is 5.27. The van der Waals surface area contributed by atoms with Crippen molar-refractivity contribution in [2.24, 2.45) is 0 Å². The van der Waals surface area contributed by atoms with Crippen LogP contribution in [0.2, 0.25) is 0 Å². The maximum Gasteiger partial charge on any atom is 0.254 e. The summed E-state index contributed by atoms with van der Waals surface area (Å²) in [7, 11) is -2.43. The van der Waals surface area contributed by atoms with E-state index in [0.29, 0.717) is 31.9 Å². The van der Waals surface area contributed by atoms with Crippen molar-refractivity contribution >= 4 is 15.9 Å². The summed E-state index contributed by atoms with van der Waals surface area (Å²) in [5, 5.41) is 8.98. The molecule has 32 heavy (non-hydrogen) atoms. The van der Waals surface area contributed by atoms with E-state index in [9.17, 15) is 13.2 Å². The van der Waals surface area contributed by atoms with Crippen LogP contribution in [0.15, 0.2) is 47.4 Å². The molecule has 1 amide bonds. The minimum Gasteiger partial charge on any atom is -0.495 e. The molecule has 170 valence electrons. The van der Waals surface area contributed by atoms with Crippen molar-refractivity contribution in [1.82, 2.24) is 9.21 Å². The molecule has 0 radical (unpaired) electrons. The third-order valence-electron chi connectivity index (χ3n) is 5.24. The Morgan fingerprint density at radius 2 is 1.88 bits per heavy atom. The summed E-state index contributed by atoms with van der Waals surface area (Å²) in [5.41, 5.74) is 1.72. The first-order chi connectivity index (χ1) is 15.4. The standard InChI is InChI=1S/C23H27N3O5S/c1-3-10-25(17-19-6-4-18(16-24)5-7-19)23(27)20-8-9-21(30-2)22(15-20)32(28,29)26-11-13-31-14-12-26/h4-9,15H,3,10-14,17H2,1-2H3. The Morgan fingerprint density at radius 3 is 2.47 bits per heavy atom. The maximum absolute atomic E-state index is 13.3. The summed E-state index contributed by atoms with van der Waals surface area (Å²) < 4.78 is 38.4. The van der Waals surface area contributed by atoms with Crippen LogP contribution in [0.4, 0.5) is 0 Å². The Labute approximate surface area is 189 Å². The number of carbonyl (C=O) groups excluding carboxylic acids is 1. The van der Waals surface area contributed by atoms with E-state index in [-0.39, 0.29) is 35.2 Å². The number of hydrogen-bond donors (Lipinski definition) is 0. The molecule has 0 saturated carbocycles. The normalized spacial score (nSPS) is 14.5. The monoisotopic (exact) mass is 457 g/mol. The molecule has 0 aromatic heterocycles. The number of morpholine rings is 1. The number of rotatable bonds is 8. The summed E-state index contributed by atoms with van der Waals surface area (Å²) in [6, 6.07) is 13.6. The van der Waals surface area contributed by atoms with Gasteiger partial charge in [0.25, 0.3) is 5.91 Å². The van der Waals surface area contributed by atoms with E-state index >= 15 is 0 Å².